The van der Waals surface area contributed by atoms with Gasteiger partial charge in [-0.15, -0.1) is 0 Å². The van der Waals surface area contributed by atoms with E-state index in [4.69, 9.17) is 0 Å². The van der Waals surface area contributed by atoms with Crippen molar-refractivity contribution in [3.05, 3.63) is 70.3 Å². The van der Waals surface area contributed by atoms with Crippen LogP contribution in [0, 0.1) is 10.1 Å². The fourth-order valence-electron chi connectivity index (χ4n) is 1.50. The van der Waals surface area contributed by atoms with Gasteiger partial charge in [0.15, 0.2) is 0 Å². The molecule has 2 rings (SSSR count). The van der Waals surface area contributed by atoms with Gasteiger partial charge in [0.2, 0.25) is 0 Å². The number of nitro benzene ring substituents is 1. The van der Waals surface area contributed by atoms with Gasteiger partial charge in [-0.1, -0.05) is 38.9 Å². The molecule has 3 nitrogen and oxygen atoms in total. The van der Waals surface area contributed by atoms with Crippen molar-refractivity contribution in [2.45, 2.75) is 6.16 Å². The fraction of sp³-hybridized carbons (Fsp3) is 0.0769. The Morgan fingerprint density at radius 1 is 1.00 bits per heavy atom. The molecule has 1 atom stereocenters. The Hall–Kier alpha value is -1.73. The standard InChI is InChI=1S/C13H12NO2P/c15-14(16)12-6-8-13(9-7-12)17-10-11-4-2-1-3-5-11/h1-9,17H,10H2. The lowest BCUT2D eigenvalue weighted by Gasteiger charge is -2.02. The van der Waals surface area contributed by atoms with E-state index in [9.17, 15) is 10.1 Å². The van der Waals surface area contributed by atoms with Crippen molar-refractivity contribution in [3.8, 4) is 0 Å². The number of nitrogens with zero attached hydrogens (tertiary/aromatic N) is 1. The van der Waals surface area contributed by atoms with Gasteiger partial charge in [0.05, 0.1) is 4.92 Å². The predicted molar refractivity (Wildman–Crippen MR) is 71.2 cm³/mol. The highest BCUT2D eigenvalue weighted by atomic mass is 31.1. The van der Waals surface area contributed by atoms with Gasteiger partial charge in [-0.2, -0.15) is 0 Å². The van der Waals surface area contributed by atoms with Crippen LogP contribution >= 0.6 is 8.58 Å². The lowest BCUT2D eigenvalue weighted by Crippen LogP contribution is -1.96. The third-order valence-corrected chi connectivity index (χ3v) is 3.74. The van der Waals surface area contributed by atoms with E-state index in [1.54, 1.807) is 12.1 Å². The van der Waals surface area contributed by atoms with Crippen LogP contribution < -0.4 is 5.30 Å². The summed E-state index contributed by atoms with van der Waals surface area (Å²) in [5.41, 5.74) is 1.45. The molecule has 0 N–H and O–H groups in total. The molecule has 0 aromatic heterocycles. The fourth-order valence-corrected chi connectivity index (χ4v) is 2.55. The molecule has 0 aliphatic rings. The molecule has 0 amide bonds. The van der Waals surface area contributed by atoms with E-state index < -0.39 is 0 Å². The molecule has 0 spiro atoms. The van der Waals surface area contributed by atoms with Crippen LogP contribution in [0.3, 0.4) is 0 Å². The van der Waals surface area contributed by atoms with Gasteiger partial charge < -0.3 is 0 Å². The van der Waals surface area contributed by atoms with Crippen LogP contribution in [0.25, 0.3) is 0 Å². The van der Waals surface area contributed by atoms with Crippen LogP contribution in [0.4, 0.5) is 5.69 Å². The molecule has 2 aromatic carbocycles. The number of hydrogen-bond acceptors (Lipinski definition) is 2. The lowest BCUT2D eigenvalue weighted by molar-refractivity contribution is -0.384. The van der Waals surface area contributed by atoms with Crippen molar-refractivity contribution in [2.24, 2.45) is 0 Å². The molecule has 0 radical (unpaired) electrons. The molecule has 0 fully saturated rings. The Balaban J connectivity index is 1.98. The van der Waals surface area contributed by atoms with Crippen LogP contribution in [0.2, 0.25) is 0 Å². The molecule has 4 heteroatoms. The number of nitro groups is 1. The van der Waals surface area contributed by atoms with E-state index in [-0.39, 0.29) is 10.6 Å². The minimum atomic E-state index is -0.371. The number of hydrogen-bond donors (Lipinski definition) is 0. The summed E-state index contributed by atoms with van der Waals surface area (Å²) in [6.45, 7) is 0. The molecule has 0 saturated carbocycles. The Bertz CT molecular complexity index is 497. The zero-order chi connectivity index (χ0) is 12.1. The Kier molecular flexibility index (Phi) is 3.84. The topological polar surface area (TPSA) is 43.1 Å². The normalized spacial score (nSPS) is 10.8. The largest absolute Gasteiger partial charge is 0.269 e. The third kappa shape index (κ3) is 3.36. The maximum Gasteiger partial charge on any atom is 0.269 e. The highest BCUT2D eigenvalue weighted by Crippen LogP contribution is 2.19. The SMILES string of the molecule is O=[N+]([O-])c1ccc(PCc2ccccc2)cc1. The van der Waals surface area contributed by atoms with Crippen LogP contribution in [0.1, 0.15) is 5.56 Å². The Morgan fingerprint density at radius 2 is 1.65 bits per heavy atom. The molecule has 0 aliphatic heterocycles. The average Bonchev–Trinajstić information content (AvgIpc) is 2.38. The smallest absolute Gasteiger partial charge is 0.258 e. The van der Waals surface area contributed by atoms with Crippen molar-refractivity contribution in [3.63, 3.8) is 0 Å². The summed E-state index contributed by atoms with van der Waals surface area (Å²) in [5, 5.41) is 11.7. The lowest BCUT2D eigenvalue weighted by atomic mass is 10.2. The van der Waals surface area contributed by atoms with Crippen molar-refractivity contribution in [1.82, 2.24) is 0 Å². The highest BCUT2D eigenvalue weighted by molar-refractivity contribution is 7.46. The van der Waals surface area contributed by atoms with E-state index in [2.05, 4.69) is 12.1 Å². The van der Waals surface area contributed by atoms with E-state index >= 15 is 0 Å². The first-order valence-electron chi connectivity index (χ1n) is 5.28. The summed E-state index contributed by atoms with van der Waals surface area (Å²) in [5.74, 6) is 0. The molecule has 1 unspecified atom stereocenters. The molecule has 86 valence electrons. The number of benzene rings is 2. The quantitative estimate of drug-likeness (QED) is 0.472. The maximum absolute atomic E-state index is 10.5. The zero-order valence-corrected chi connectivity index (χ0v) is 10.2. The zero-order valence-electron chi connectivity index (χ0n) is 9.17. The van der Waals surface area contributed by atoms with Gasteiger partial charge in [-0.25, -0.2) is 0 Å². The monoisotopic (exact) mass is 245 g/mol. The molecule has 0 heterocycles. The summed E-state index contributed by atoms with van der Waals surface area (Å²) >= 11 is 0. The first-order valence-corrected chi connectivity index (χ1v) is 6.49. The van der Waals surface area contributed by atoms with E-state index in [0.717, 1.165) is 11.5 Å². The van der Waals surface area contributed by atoms with Crippen LogP contribution in [0.5, 0.6) is 0 Å². The van der Waals surface area contributed by atoms with Crippen molar-refractivity contribution >= 4 is 19.6 Å². The second kappa shape index (κ2) is 5.55. The van der Waals surface area contributed by atoms with E-state index in [1.165, 1.54) is 5.56 Å². The summed E-state index contributed by atoms with van der Waals surface area (Å²) < 4.78 is 0. The Labute approximate surface area is 101 Å². The summed E-state index contributed by atoms with van der Waals surface area (Å²) in [6, 6.07) is 17.0. The molecule has 0 saturated heterocycles. The number of rotatable bonds is 4. The van der Waals surface area contributed by atoms with Crippen molar-refractivity contribution in [2.75, 3.05) is 0 Å². The molecular formula is C13H12NO2P. The highest BCUT2D eigenvalue weighted by Gasteiger charge is 2.03. The van der Waals surface area contributed by atoms with E-state index in [0.29, 0.717) is 8.58 Å². The van der Waals surface area contributed by atoms with Gasteiger partial charge >= 0.3 is 0 Å². The predicted octanol–water partition coefficient (Wildman–Crippen LogP) is 3.10. The molecular weight excluding hydrogens is 233 g/mol. The third-order valence-electron chi connectivity index (χ3n) is 2.42. The Morgan fingerprint density at radius 3 is 2.24 bits per heavy atom. The number of non-ortho nitro benzene ring substituents is 1. The minimum Gasteiger partial charge on any atom is -0.258 e. The maximum atomic E-state index is 10.5. The summed E-state index contributed by atoms with van der Waals surface area (Å²) in [4.78, 5) is 10.1. The first kappa shape index (κ1) is 11.7. The second-order valence-electron chi connectivity index (χ2n) is 3.64. The molecule has 0 bridgehead atoms. The van der Waals surface area contributed by atoms with Crippen LogP contribution in [0.15, 0.2) is 54.6 Å². The van der Waals surface area contributed by atoms with Crippen molar-refractivity contribution < 1.29 is 4.92 Å². The summed E-state index contributed by atoms with van der Waals surface area (Å²) in [7, 11) is 0.649. The van der Waals surface area contributed by atoms with Gasteiger partial charge in [-0.3, -0.25) is 10.1 Å². The van der Waals surface area contributed by atoms with Gasteiger partial charge in [-0.05, 0) is 29.2 Å². The van der Waals surface area contributed by atoms with Gasteiger partial charge in [0, 0.05) is 12.1 Å². The molecule has 0 aliphatic carbocycles. The average molecular weight is 245 g/mol. The molecule has 17 heavy (non-hydrogen) atoms. The second-order valence-corrected chi connectivity index (χ2v) is 4.93. The first-order chi connectivity index (χ1) is 8.25. The molecule has 2 aromatic rings. The van der Waals surface area contributed by atoms with Gasteiger partial charge in [0.25, 0.3) is 5.69 Å². The van der Waals surface area contributed by atoms with Crippen LogP contribution in [-0.4, -0.2) is 4.92 Å². The summed E-state index contributed by atoms with van der Waals surface area (Å²) in [6.07, 6.45) is 0.985. The van der Waals surface area contributed by atoms with Gasteiger partial charge in [0.1, 0.15) is 0 Å². The van der Waals surface area contributed by atoms with Crippen molar-refractivity contribution in [1.29, 1.82) is 0 Å². The minimum absolute atomic E-state index is 0.151. The van der Waals surface area contributed by atoms with Crippen LogP contribution in [-0.2, 0) is 6.16 Å². The van der Waals surface area contributed by atoms with E-state index in [1.807, 2.05) is 30.3 Å².